The summed E-state index contributed by atoms with van der Waals surface area (Å²) < 4.78 is 0. The number of ketones is 1. The average Bonchev–Trinajstić information content (AvgIpc) is 2.69. The van der Waals surface area contributed by atoms with E-state index in [2.05, 4.69) is 21.0 Å². The van der Waals surface area contributed by atoms with Crippen LogP contribution in [0.3, 0.4) is 0 Å². The van der Waals surface area contributed by atoms with Gasteiger partial charge in [0.05, 0.1) is 26.6 Å². The molecule has 31 heavy (non-hydrogen) atoms. The Morgan fingerprint density at radius 1 is 0.774 bits per heavy atom. The van der Waals surface area contributed by atoms with Gasteiger partial charge in [-0.1, -0.05) is 71.1 Å². The molecule has 0 aromatic carbocycles. The van der Waals surface area contributed by atoms with Gasteiger partial charge in [0.25, 0.3) is 0 Å². The van der Waals surface area contributed by atoms with E-state index < -0.39 is 0 Å². The standard InChI is InChI=1S/C28H51NO.BrH/c1-4-5-6-7-8-9-10-11-12-13-14-15-26(29(2)3)19-27(30)28-20-23-16-24(21-28)18-25(17-23)22-28;/h23-26H,4-22H2,1-3H3;1H. The second-order valence-corrected chi connectivity index (χ2v) is 11.9. The Kier molecular flexibility index (Phi) is 12.1. The lowest BCUT2D eigenvalue weighted by Gasteiger charge is -2.56. The fourth-order valence-corrected chi connectivity index (χ4v) is 7.54. The summed E-state index contributed by atoms with van der Waals surface area (Å²) in [6.45, 7) is 2.29. The van der Waals surface area contributed by atoms with E-state index in [1.807, 2.05) is 0 Å². The minimum absolute atomic E-state index is 0. The van der Waals surface area contributed by atoms with Gasteiger partial charge in [0.2, 0.25) is 0 Å². The molecule has 4 aliphatic rings. The normalized spacial score (nSPS) is 29.9. The minimum Gasteiger partial charge on any atom is -1.00 e. The van der Waals surface area contributed by atoms with Gasteiger partial charge < -0.3 is 21.9 Å². The fourth-order valence-electron chi connectivity index (χ4n) is 7.54. The fraction of sp³-hybridized carbons (Fsp3) is 0.964. The van der Waals surface area contributed by atoms with Gasteiger partial charge in [0.15, 0.2) is 0 Å². The van der Waals surface area contributed by atoms with Crippen molar-refractivity contribution in [3.63, 3.8) is 0 Å². The van der Waals surface area contributed by atoms with Gasteiger partial charge >= 0.3 is 0 Å². The number of carbonyl (C=O) groups excluding carboxylic acids is 1. The number of halogens is 1. The number of nitrogens with one attached hydrogen (secondary N) is 1. The smallest absolute Gasteiger partial charge is 0.144 e. The lowest BCUT2D eigenvalue weighted by molar-refractivity contribution is -0.885. The molecule has 1 N–H and O–H groups in total. The van der Waals surface area contributed by atoms with E-state index in [1.54, 1.807) is 0 Å². The summed E-state index contributed by atoms with van der Waals surface area (Å²) in [6.07, 6.45) is 25.6. The van der Waals surface area contributed by atoms with Crippen molar-refractivity contribution >= 4 is 5.78 Å². The largest absolute Gasteiger partial charge is 1.00 e. The first-order valence-electron chi connectivity index (χ1n) is 13.9. The van der Waals surface area contributed by atoms with E-state index in [0.717, 1.165) is 24.2 Å². The molecule has 4 rings (SSSR count). The highest BCUT2D eigenvalue weighted by Gasteiger charge is 2.54. The molecular formula is C28H52BrNO. The molecule has 0 radical (unpaired) electrons. The number of carbonyl (C=O) groups is 1. The molecule has 0 aromatic heterocycles. The minimum atomic E-state index is 0. The van der Waals surface area contributed by atoms with Crippen LogP contribution in [0.2, 0.25) is 0 Å². The summed E-state index contributed by atoms with van der Waals surface area (Å²) in [5, 5.41) is 0. The number of unbranched alkanes of at least 4 members (excludes halogenated alkanes) is 10. The van der Waals surface area contributed by atoms with E-state index >= 15 is 0 Å². The second-order valence-electron chi connectivity index (χ2n) is 11.9. The molecule has 1 atom stereocenters. The first kappa shape index (κ1) is 27.4. The van der Waals surface area contributed by atoms with Gasteiger partial charge in [0.1, 0.15) is 5.78 Å². The maximum atomic E-state index is 13.5. The molecule has 2 nitrogen and oxygen atoms in total. The molecule has 0 amide bonds. The molecule has 1 unspecified atom stereocenters. The zero-order chi connectivity index (χ0) is 21.4. The molecule has 182 valence electrons. The van der Waals surface area contributed by atoms with E-state index in [0.29, 0.717) is 11.8 Å². The highest BCUT2D eigenvalue weighted by Crippen LogP contribution is 2.60. The molecule has 4 bridgehead atoms. The third kappa shape index (κ3) is 8.13. The zero-order valence-electron chi connectivity index (χ0n) is 21.0. The Balaban J connectivity index is 0.00000341. The molecule has 0 aromatic rings. The molecule has 3 heteroatoms. The maximum Gasteiger partial charge on any atom is 0.144 e. The number of Topliss-reactive ketones (excluding diaryl/α,β-unsaturated/α-hetero) is 1. The van der Waals surface area contributed by atoms with Gasteiger partial charge in [-0.3, -0.25) is 4.79 Å². The Labute approximate surface area is 204 Å². The van der Waals surface area contributed by atoms with Crippen LogP contribution in [0.5, 0.6) is 0 Å². The van der Waals surface area contributed by atoms with Gasteiger partial charge in [-0.25, -0.2) is 0 Å². The Morgan fingerprint density at radius 3 is 1.61 bits per heavy atom. The number of rotatable bonds is 16. The van der Waals surface area contributed by atoms with Gasteiger partial charge in [-0.15, -0.1) is 0 Å². The van der Waals surface area contributed by atoms with E-state index in [1.165, 1.54) is 120 Å². The summed E-state index contributed by atoms with van der Waals surface area (Å²) in [4.78, 5) is 15.0. The van der Waals surface area contributed by atoms with Crippen molar-refractivity contribution in [2.45, 2.75) is 135 Å². The highest BCUT2D eigenvalue weighted by atomic mass is 79.9. The lowest BCUT2D eigenvalue weighted by atomic mass is 9.48. The van der Waals surface area contributed by atoms with Crippen molar-refractivity contribution in [3.8, 4) is 0 Å². The monoisotopic (exact) mass is 497 g/mol. The van der Waals surface area contributed by atoms with Crippen LogP contribution in [0, 0.1) is 23.2 Å². The summed E-state index contributed by atoms with van der Waals surface area (Å²) in [6, 6.07) is 0.545. The zero-order valence-corrected chi connectivity index (χ0v) is 22.6. The first-order valence-corrected chi connectivity index (χ1v) is 13.9. The van der Waals surface area contributed by atoms with E-state index in [4.69, 9.17) is 0 Å². The Morgan fingerprint density at radius 2 is 1.19 bits per heavy atom. The SMILES string of the molecule is CCCCCCCCCCCCCC(CC(=O)C12CC3CC(CC(C3)C1)C2)[NH+](C)C.[Br-]. The predicted octanol–water partition coefficient (Wildman–Crippen LogP) is 3.38. The van der Waals surface area contributed by atoms with E-state index in [-0.39, 0.29) is 22.4 Å². The Bertz CT molecular complexity index is 482. The molecule has 4 fully saturated rings. The van der Waals surface area contributed by atoms with Crippen molar-refractivity contribution in [2.75, 3.05) is 14.1 Å². The maximum absolute atomic E-state index is 13.5. The van der Waals surface area contributed by atoms with Crippen molar-refractivity contribution in [1.82, 2.24) is 0 Å². The van der Waals surface area contributed by atoms with Crippen molar-refractivity contribution < 1.29 is 26.7 Å². The van der Waals surface area contributed by atoms with Crippen molar-refractivity contribution in [1.29, 1.82) is 0 Å². The summed E-state index contributed by atoms with van der Waals surface area (Å²) in [5.74, 6) is 3.32. The van der Waals surface area contributed by atoms with Crippen LogP contribution in [-0.4, -0.2) is 25.9 Å². The quantitative estimate of drug-likeness (QED) is 0.324. The molecule has 0 heterocycles. The first-order chi connectivity index (χ1) is 14.5. The van der Waals surface area contributed by atoms with Gasteiger partial charge in [0, 0.05) is 5.41 Å². The van der Waals surface area contributed by atoms with Crippen LogP contribution in [0.4, 0.5) is 0 Å². The van der Waals surface area contributed by atoms with Crippen LogP contribution >= 0.6 is 0 Å². The van der Waals surface area contributed by atoms with Crippen LogP contribution in [0.15, 0.2) is 0 Å². The van der Waals surface area contributed by atoms with Crippen LogP contribution in [-0.2, 0) is 4.79 Å². The molecule has 4 saturated carbocycles. The molecule has 0 aliphatic heterocycles. The molecular weight excluding hydrogens is 446 g/mol. The predicted molar refractivity (Wildman–Crippen MR) is 128 cm³/mol. The second kappa shape index (κ2) is 13.7. The summed E-state index contributed by atoms with van der Waals surface area (Å²) in [7, 11) is 4.55. The third-order valence-corrected chi connectivity index (χ3v) is 9.03. The average molecular weight is 499 g/mol. The van der Waals surface area contributed by atoms with Crippen molar-refractivity contribution in [2.24, 2.45) is 23.2 Å². The third-order valence-electron chi connectivity index (χ3n) is 9.03. The molecule has 0 spiro atoms. The lowest BCUT2D eigenvalue weighted by Crippen LogP contribution is -3.10. The van der Waals surface area contributed by atoms with Gasteiger partial charge in [-0.05, 0) is 69.1 Å². The van der Waals surface area contributed by atoms with Crippen molar-refractivity contribution in [3.05, 3.63) is 0 Å². The number of quaternary nitrogens is 1. The highest BCUT2D eigenvalue weighted by molar-refractivity contribution is 5.85. The van der Waals surface area contributed by atoms with E-state index in [9.17, 15) is 4.79 Å². The Hall–Kier alpha value is 0.110. The molecule has 4 aliphatic carbocycles. The molecule has 0 saturated heterocycles. The topological polar surface area (TPSA) is 21.5 Å². The summed E-state index contributed by atoms with van der Waals surface area (Å²) >= 11 is 0. The van der Waals surface area contributed by atoms with Crippen LogP contribution in [0.25, 0.3) is 0 Å². The summed E-state index contributed by atoms with van der Waals surface area (Å²) in [5.41, 5.74) is 0.111. The van der Waals surface area contributed by atoms with Gasteiger partial charge in [-0.2, -0.15) is 0 Å². The number of hydrogen-bond donors (Lipinski definition) is 1. The number of hydrogen-bond acceptors (Lipinski definition) is 1. The van der Waals surface area contributed by atoms with Crippen LogP contribution < -0.4 is 21.9 Å². The van der Waals surface area contributed by atoms with Crippen LogP contribution in [0.1, 0.15) is 129 Å².